The number of hydrogen-bond donors (Lipinski definition) is 1. The Hall–Kier alpha value is -0.0700. The molecule has 3 nitrogen and oxygen atoms in total. The van der Waals surface area contributed by atoms with Gasteiger partial charge in [-0.3, -0.25) is 0 Å². The predicted molar refractivity (Wildman–Crippen MR) is 76.1 cm³/mol. The molecule has 0 radical (unpaired) electrons. The van der Waals surface area contributed by atoms with Gasteiger partial charge in [-0.2, -0.15) is 0 Å². The highest BCUT2D eigenvalue weighted by Crippen LogP contribution is 2.29. The molecular weight excluding hydrogens is 336 g/mol. The minimum absolute atomic E-state index is 0.0724. The lowest BCUT2D eigenvalue weighted by atomic mass is 10.1. The summed E-state index contributed by atoms with van der Waals surface area (Å²) in [5, 5.41) is -0.732. The Balaban J connectivity index is 2.92. The second kappa shape index (κ2) is 7.09. The van der Waals surface area contributed by atoms with Crippen LogP contribution in [0.5, 0.6) is 0 Å². The molecular formula is C11H13Cl3FNO2S. The molecule has 1 aromatic rings. The normalized spacial score (nSPS) is 13.5. The molecule has 1 atom stereocenters. The van der Waals surface area contributed by atoms with Gasteiger partial charge in [-0.1, -0.05) is 30.1 Å². The summed E-state index contributed by atoms with van der Waals surface area (Å²) in [6.45, 7) is 2.06. The predicted octanol–water partition coefficient (Wildman–Crippen LogP) is 3.68. The second-order valence-corrected chi connectivity index (χ2v) is 7.01. The van der Waals surface area contributed by atoms with Crippen LogP contribution < -0.4 is 4.72 Å². The van der Waals surface area contributed by atoms with Crippen LogP contribution in [0.15, 0.2) is 17.0 Å². The molecule has 8 heteroatoms. The molecule has 0 heterocycles. The van der Waals surface area contributed by atoms with E-state index >= 15 is 0 Å². The maximum Gasteiger partial charge on any atom is 0.242 e. The monoisotopic (exact) mass is 347 g/mol. The average molecular weight is 349 g/mol. The summed E-state index contributed by atoms with van der Waals surface area (Å²) in [5.41, 5.74) is 0. The number of alkyl halides is 1. The van der Waals surface area contributed by atoms with E-state index in [-0.39, 0.29) is 22.4 Å². The van der Waals surface area contributed by atoms with Gasteiger partial charge in [0.05, 0.1) is 10.0 Å². The zero-order valence-corrected chi connectivity index (χ0v) is 13.2. The molecule has 0 amide bonds. The molecule has 1 aromatic carbocycles. The van der Waals surface area contributed by atoms with Crippen LogP contribution in [0.25, 0.3) is 0 Å². The van der Waals surface area contributed by atoms with Gasteiger partial charge in [-0.05, 0) is 24.5 Å². The van der Waals surface area contributed by atoms with Gasteiger partial charge in [-0.15, -0.1) is 11.6 Å². The van der Waals surface area contributed by atoms with Crippen molar-refractivity contribution in [3.8, 4) is 0 Å². The van der Waals surface area contributed by atoms with Crippen molar-refractivity contribution in [3.63, 3.8) is 0 Å². The zero-order chi connectivity index (χ0) is 14.6. The van der Waals surface area contributed by atoms with Crippen molar-refractivity contribution in [3.05, 3.63) is 28.0 Å². The number of halogens is 4. The van der Waals surface area contributed by atoms with Gasteiger partial charge in [0.25, 0.3) is 0 Å². The summed E-state index contributed by atoms with van der Waals surface area (Å²) in [6, 6.07) is 2.32. The topological polar surface area (TPSA) is 46.2 Å². The van der Waals surface area contributed by atoms with Crippen LogP contribution in [0.4, 0.5) is 4.39 Å². The number of rotatable bonds is 6. The third-order valence-corrected chi connectivity index (χ3v) is 4.97. The molecule has 0 aliphatic rings. The van der Waals surface area contributed by atoms with E-state index < -0.39 is 20.9 Å². The Kier molecular flexibility index (Phi) is 6.33. The summed E-state index contributed by atoms with van der Waals surface area (Å²) in [5.74, 6) is -0.428. The van der Waals surface area contributed by atoms with Crippen LogP contribution in [0.3, 0.4) is 0 Å². The molecule has 0 spiro atoms. The summed E-state index contributed by atoms with van der Waals surface area (Å²) in [6.07, 6.45) is 0.673. The highest BCUT2D eigenvalue weighted by molar-refractivity contribution is 7.89. The molecule has 0 saturated heterocycles. The van der Waals surface area contributed by atoms with Gasteiger partial charge >= 0.3 is 0 Å². The molecule has 19 heavy (non-hydrogen) atoms. The van der Waals surface area contributed by atoms with Crippen molar-refractivity contribution < 1.29 is 12.8 Å². The summed E-state index contributed by atoms with van der Waals surface area (Å²) in [7, 11) is -3.87. The minimum atomic E-state index is -3.87. The van der Waals surface area contributed by atoms with E-state index in [2.05, 4.69) is 4.72 Å². The first-order chi connectivity index (χ1) is 8.79. The maximum atomic E-state index is 13.5. The first kappa shape index (κ1) is 17.0. The van der Waals surface area contributed by atoms with Crippen LogP contribution in [-0.4, -0.2) is 20.8 Å². The van der Waals surface area contributed by atoms with Gasteiger partial charge in [0.2, 0.25) is 10.0 Å². The van der Waals surface area contributed by atoms with Crippen molar-refractivity contribution in [1.29, 1.82) is 0 Å². The molecule has 1 N–H and O–H groups in total. The molecule has 0 fully saturated rings. The molecule has 0 saturated carbocycles. The fourth-order valence-electron chi connectivity index (χ4n) is 1.33. The van der Waals surface area contributed by atoms with E-state index in [1.54, 1.807) is 0 Å². The minimum Gasteiger partial charge on any atom is -0.211 e. The van der Waals surface area contributed by atoms with E-state index in [0.29, 0.717) is 12.3 Å². The summed E-state index contributed by atoms with van der Waals surface area (Å²) < 4.78 is 39.8. The van der Waals surface area contributed by atoms with Gasteiger partial charge in [-0.25, -0.2) is 17.5 Å². The van der Waals surface area contributed by atoms with E-state index in [1.807, 2.05) is 6.92 Å². The number of sulfonamides is 1. The molecule has 108 valence electrons. The molecule has 0 aliphatic carbocycles. The SMILES string of the molecule is CC(CCCl)CNS(=O)(=O)c1ccc(Cl)c(F)c1Cl. The third kappa shape index (κ3) is 4.46. The molecule has 0 aromatic heterocycles. The number of nitrogens with one attached hydrogen (secondary N) is 1. The quantitative estimate of drug-likeness (QED) is 0.630. The standard InChI is InChI=1S/C11H13Cl3FNO2S/c1-7(4-5-12)6-16-19(17,18)9-3-2-8(13)11(15)10(9)14/h2-3,7,16H,4-6H2,1H3. The highest BCUT2D eigenvalue weighted by atomic mass is 35.5. The van der Waals surface area contributed by atoms with E-state index in [1.165, 1.54) is 6.07 Å². The second-order valence-electron chi connectivity index (χ2n) is 4.11. The van der Waals surface area contributed by atoms with E-state index in [4.69, 9.17) is 34.8 Å². The van der Waals surface area contributed by atoms with Gasteiger partial charge in [0.1, 0.15) is 4.90 Å². The Labute approximate surface area is 127 Å². The van der Waals surface area contributed by atoms with Gasteiger partial charge < -0.3 is 0 Å². The first-order valence-electron chi connectivity index (χ1n) is 5.48. The Morgan fingerprint density at radius 3 is 2.58 bits per heavy atom. The molecule has 1 rings (SSSR count). The lowest BCUT2D eigenvalue weighted by Gasteiger charge is -2.13. The van der Waals surface area contributed by atoms with Crippen molar-refractivity contribution in [1.82, 2.24) is 4.72 Å². The smallest absolute Gasteiger partial charge is 0.211 e. The summed E-state index contributed by atoms with van der Waals surface area (Å²) >= 11 is 16.7. The lowest BCUT2D eigenvalue weighted by Crippen LogP contribution is -2.29. The molecule has 0 aliphatic heterocycles. The van der Waals surface area contributed by atoms with Crippen LogP contribution in [0, 0.1) is 11.7 Å². The van der Waals surface area contributed by atoms with Gasteiger partial charge in [0, 0.05) is 12.4 Å². The van der Waals surface area contributed by atoms with Crippen molar-refractivity contribution >= 4 is 44.8 Å². The third-order valence-electron chi connectivity index (χ3n) is 2.51. The first-order valence-corrected chi connectivity index (χ1v) is 8.26. The Morgan fingerprint density at radius 2 is 2.00 bits per heavy atom. The number of hydrogen-bond acceptors (Lipinski definition) is 2. The van der Waals surface area contributed by atoms with Crippen LogP contribution in [0.2, 0.25) is 10.0 Å². The van der Waals surface area contributed by atoms with Gasteiger partial charge in [0.15, 0.2) is 5.82 Å². The van der Waals surface area contributed by atoms with E-state index in [0.717, 1.165) is 6.07 Å². The maximum absolute atomic E-state index is 13.5. The van der Waals surface area contributed by atoms with Crippen molar-refractivity contribution in [2.75, 3.05) is 12.4 Å². The Morgan fingerprint density at radius 1 is 1.37 bits per heavy atom. The molecule has 1 unspecified atom stereocenters. The van der Waals surface area contributed by atoms with Crippen LogP contribution in [0.1, 0.15) is 13.3 Å². The zero-order valence-electron chi connectivity index (χ0n) is 10.1. The Bertz CT molecular complexity index is 551. The largest absolute Gasteiger partial charge is 0.242 e. The number of benzene rings is 1. The fourth-order valence-corrected chi connectivity index (χ4v) is 3.61. The lowest BCUT2D eigenvalue weighted by molar-refractivity contribution is 0.529. The highest BCUT2D eigenvalue weighted by Gasteiger charge is 2.22. The summed E-state index contributed by atoms with van der Waals surface area (Å²) in [4.78, 5) is -0.325. The van der Waals surface area contributed by atoms with Crippen molar-refractivity contribution in [2.45, 2.75) is 18.2 Å². The molecule has 0 bridgehead atoms. The van der Waals surface area contributed by atoms with Crippen LogP contribution in [-0.2, 0) is 10.0 Å². The van der Waals surface area contributed by atoms with E-state index in [9.17, 15) is 12.8 Å². The fraction of sp³-hybridized carbons (Fsp3) is 0.455. The average Bonchev–Trinajstić information content (AvgIpc) is 2.34. The van der Waals surface area contributed by atoms with Crippen LogP contribution >= 0.6 is 34.8 Å². The van der Waals surface area contributed by atoms with Crippen molar-refractivity contribution in [2.24, 2.45) is 5.92 Å².